The molecule has 1 fully saturated rings. The topological polar surface area (TPSA) is 29.1 Å². The van der Waals surface area contributed by atoms with E-state index < -0.39 is 16.6 Å². The van der Waals surface area contributed by atoms with Gasteiger partial charge in [0.05, 0.1) is 21.1 Å². The fourth-order valence-electron chi connectivity index (χ4n) is 2.92. The van der Waals surface area contributed by atoms with Crippen molar-refractivity contribution in [1.29, 1.82) is 0 Å². The van der Waals surface area contributed by atoms with E-state index in [1.54, 1.807) is 6.07 Å². The lowest BCUT2D eigenvalue weighted by molar-refractivity contribution is 0.299. The molecule has 3 unspecified atom stereocenters. The molecular weight excluding hydrogens is 285 g/mol. The number of hydrogen-bond donors (Lipinski definition) is 1. The summed E-state index contributed by atoms with van der Waals surface area (Å²) in [6.45, 7) is 4.37. The van der Waals surface area contributed by atoms with E-state index in [0.29, 0.717) is 4.90 Å². The first-order chi connectivity index (χ1) is 8.86. The maximum Gasteiger partial charge on any atom is 0.141 e. The van der Waals surface area contributed by atoms with Crippen molar-refractivity contribution in [3.05, 3.63) is 29.0 Å². The van der Waals surface area contributed by atoms with E-state index in [-0.39, 0.29) is 21.7 Å². The van der Waals surface area contributed by atoms with Crippen molar-refractivity contribution in [2.24, 2.45) is 5.41 Å². The first-order valence-corrected chi connectivity index (χ1v) is 7.99. The molecule has 19 heavy (non-hydrogen) atoms. The van der Waals surface area contributed by atoms with Crippen LogP contribution in [0, 0.1) is 11.2 Å². The van der Waals surface area contributed by atoms with Crippen molar-refractivity contribution in [1.82, 2.24) is 5.32 Å². The van der Waals surface area contributed by atoms with Gasteiger partial charge in [-0.25, -0.2) is 4.39 Å². The summed E-state index contributed by atoms with van der Waals surface area (Å²) in [6, 6.07) is 4.52. The molecule has 1 aromatic carbocycles. The summed E-state index contributed by atoms with van der Waals surface area (Å²) in [5, 5.41) is 3.36. The van der Waals surface area contributed by atoms with E-state index in [1.165, 1.54) is 12.1 Å². The Morgan fingerprint density at radius 3 is 2.74 bits per heavy atom. The number of benzene rings is 1. The lowest BCUT2D eigenvalue weighted by Crippen LogP contribution is -2.44. The van der Waals surface area contributed by atoms with E-state index in [9.17, 15) is 8.60 Å². The highest BCUT2D eigenvalue weighted by molar-refractivity contribution is 7.85. The Hall–Kier alpha value is -0.450. The molecule has 0 spiro atoms. The summed E-state index contributed by atoms with van der Waals surface area (Å²) in [5.41, 5.74) is 0.124. The van der Waals surface area contributed by atoms with Gasteiger partial charge in [-0.3, -0.25) is 4.21 Å². The van der Waals surface area contributed by atoms with Gasteiger partial charge in [-0.15, -0.1) is 0 Å². The summed E-state index contributed by atoms with van der Waals surface area (Å²) in [6.07, 6.45) is 1.93. The molecule has 0 saturated heterocycles. The van der Waals surface area contributed by atoms with Crippen molar-refractivity contribution in [2.75, 3.05) is 7.05 Å². The molecule has 2 nitrogen and oxygen atoms in total. The van der Waals surface area contributed by atoms with Crippen molar-refractivity contribution in [2.45, 2.75) is 42.9 Å². The number of nitrogens with one attached hydrogen (secondary N) is 1. The van der Waals surface area contributed by atoms with Crippen molar-refractivity contribution in [3.63, 3.8) is 0 Å². The highest BCUT2D eigenvalue weighted by Crippen LogP contribution is 2.41. The van der Waals surface area contributed by atoms with Crippen molar-refractivity contribution in [3.8, 4) is 0 Å². The van der Waals surface area contributed by atoms with Crippen LogP contribution in [-0.2, 0) is 10.8 Å². The zero-order valence-electron chi connectivity index (χ0n) is 11.4. The Balaban J connectivity index is 2.27. The van der Waals surface area contributed by atoms with E-state index in [2.05, 4.69) is 19.2 Å². The average Bonchev–Trinajstić information content (AvgIpc) is 2.66. The zero-order valence-corrected chi connectivity index (χ0v) is 12.9. The van der Waals surface area contributed by atoms with E-state index in [1.807, 2.05) is 7.05 Å². The van der Waals surface area contributed by atoms with Crippen LogP contribution >= 0.6 is 11.6 Å². The number of halogens is 2. The fourth-order valence-corrected chi connectivity index (χ4v) is 5.04. The van der Waals surface area contributed by atoms with Gasteiger partial charge in [-0.05, 0) is 43.5 Å². The van der Waals surface area contributed by atoms with Gasteiger partial charge >= 0.3 is 0 Å². The summed E-state index contributed by atoms with van der Waals surface area (Å²) < 4.78 is 25.8. The maximum atomic E-state index is 13.2. The van der Waals surface area contributed by atoms with Crippen LogP contribution in [0.15, 0.2) is 23.1 Å². The minimum atomic E-state index is -1.17. The zero-order chi connectivity index (χ0) is 14.2. The van der Waals surface area contributed by atoms with Crippen LogP contribution in [0.4, 0.5) is 4.39 Å². The highest BCUT2D eigenvalue weighted by atomic mass is 35.5. The highest BCUT2D eigenvalue weighted by Gasteiger charge is 2.44. The molecule has 1 aliphatic carbocycles. The molecule has 0 aliphatic heterocycles. The molecule has 3 atom stereocenters. The Bertz CT molecular complexity index is 506. The molecule has 0 amide bonds. The summed E-state index contributed by atoms with van der Waals surface area (Å²) in [5.74, 6) is -0.473. The molecule has 0 heterocycles. The Kier molecular flexibility index (Phi) is 4.33. The quantitative estimate of drug-likeness (QED) is 0.927. The van der Waals surface area contributed by atoms with Gasteiger partial charge in [0.2, 0.25) is 0 Å². The molecule has 0 aromatic heterocycles. The predicted molar refractivity (Wildman–Crippen MR) is 77.5 cm³/mol. The second-order valence-electron chi connectivity index (χ2n) is 5.71. The molecule has 1 aliphatic rings. The standard InChI is InChI=1S/C14H19ClFNOS/c1-14(2)7-6-12(13(14)17-3)19(18)9-4-5-11(16)10(15)8-9/h4-5,8,12-13,17H,6-7H2,1-3H3. The summed E-state index contributed by atoms with van der Waals surface area (Å²) in [7, 11) is 0.735. The van der Waals surface area contributed by atoms with Crippen LogP contribution in [0.1, 0.15) is 26.7 Å². The van der Waals surface area contributed by atoms with Gasteiger partial charge in [-0.1, -0.05) is 25.4 Å². The minimum Gasteiger partial charge on any atom is -0.315 e. The Morgan fingerprint density at radius 2 is 2.16 bits per heavy atom. The lowest BCUT2D eigenvalue weighted by atomic mass is 9.87. The summed E-state index contributed by atoms with van der Waals surface area (Å²) >= 11 is 5.77. The van der Waals surface area contributed by atoms with Crippen LogP contribution in [0.25, 0.3) is 0 Å². The van der Waals surface area contributed by atoms with E-state index >= 15 is 0 Å². The number of hydrogen-bond acceptors (Lipinski definition) is 2. The molecule has 106 valence electrons. The SMILES string of the molecule is CNC1C(S(=O)c2ccc(F)c(Cl)c2)CCC1(C)C. The third-order valence-corrected chi connectivity index (χ3v) is 6.06. The van der Waals surface area contributed by atoms with Crippen LogP contribution in [0.2, 0.25) is 5.02 Å². The summed E-state index contributed by atoms with van der Waals surface area (Å²) in [4.78, 5) is 0.606. The third kappa shape index (κ3) is 2.86. The smallest absolute Gasteiger partial charge is 0.141 e. The Morgan fingerprint density at radius 1 is 1.47 bits per heavy atom. The monoisotopic (exact) mass is 303 g/mol. The molecule has 5 heteroatoms. The average molecular weight is 304 g/mol. The third-order valence-electron chi connectivity index (χ3n) is 4.00. The fraction of sp³-hybridized carbons (Fsp3) is 0.571. The molecule has 1 N–H and O–H groups in total. The van der Waals surface area contributed by atoms with Gasteiger partial charge in [0.25, 0.3) is 0 Å². The lowest BCUT2D eigenvalue weighted by Gasteiger charge is -2.30. The molecular formula is C14H19ClFNOS. The number of rotatable bonds is 3. The van der Waals surface area contributed by atoms with Gasteiger partial charge in [0.1, 0.15) is 5.82 Å². The molecule has 1 aromatic rings. The second kappa shape index (κ2) is 5.51. The van der Waals surface area contributed by atoms with Crippen LogP contribution in [-0.4, -0.2) is 22.5 Å². The van der Waals surface area contributed by atoms with Crippen LogP contribution < -0.4 is 5.32 Å². The molecule has 0 radical (unpaired) electrons. The van der Waals surface area contributed by atoms with Crippen molar-refractivity contribution >= 4 is 22.4 Å². The normalized spacial score (nSPS) is 27.4. The van der Waals surface area contributed by atoms with Crippen LogP contribution in [0.3, 0.4) is 0 Å². The molecule has 2 rings (SSSR count). The molecule has 1 saturated carbocycles. The first kappa shape index (κ1) is 14.9. The van der Waals surface area contributed by atoms with Crippen LogP contribution in [0.5, 0.6) is 0 Å². The second-order valence-corrected chi connectivity index (χ2v) is 7.78. The van der Waals surface area contributed by atoms with E-state index in [0.717, 1.165) is 12.8 Å². The van der Waals surface area contributed by atoms with Gasteiger partial charge in [0, 0.05) is 10.9 Å². The van der Waals surface area contributed by atoms with Gasteiger partial charge < -0.3 is 5.32 Å². The van der Waals surface area contributed by atoms with Gasteiger partial charge in [0.15, 0.2) is 0 Å². The van der Waals surface area contributed by atoms with E-state index in [4.69, 9.17) is 11.6 Å². The first-order valence-electron chi connectivity index (χ1n) is 6.39. The predicted octanol–water partition coefficient (Wildman–Crippen LogP) is 3.36. The van der Waals surface area contributed by atoms with Gasteiger partial charge in [-0.2, -0.15) is 0 Å². The minimum absolute atomic E-state index is 0.0316. The van der Waals surface area contributed by atoms with Crippen molar-refractivity contribution < 1.29 is 8.60 Å². The maximum absolute atomic E-state index is 13.2. The Labute approximate surface area is 121 Å². The molecule has 0 bridgehead atoms. The largest absolute Gasteiger partial charge is 0.315 e.